The summed E-state index contributed by atoms with van der Waals surface area (Å²) in [6, 6.07) is 0. The fourth-order valence-electron chi connectivity index (χ4n) is 2.53. The predicted molar refractivity (Wildman–Crippen MR) is 41.0 cm³/mol. The van der Waals surface area contributed by atoms with Gasteiger partial charge in [-0.2, -0.15) is 0 Å². The third-order valence-corrected chi connectivity index (χ3v) is 3.08. The van der Waals surface area contributed by atoms with E-state index in [4.69, 9.17) is 5.73 Å². The summed E-state index contributed by atoms with van der Waals surface area (Å²) in [4.78, 5) is 0. The van der Waals surface area contributed by atoms with Crippen molar-refractivity contribution < 1.29 is 8.78 Å². The molecule has 0 radical (unpaired) electrons. The molecule has 0 aromatic heterocycles. The Balaban J connectivity index is 0.000000605. The number of rotatable bonds is 2. The molecule has 1 nitrogen and oxygen atoms in total. The molecule has 11 heavy (non-hydrogen) atoms. The fourth-order valence-corrected chi connectivity index (χ4v) is 2.53. The average Bonchev–Trinajstić information content (AvgIpc) is 1.57. The molecule has 0 unspecified atom stereocenters. The lowest BCUT2D eigenvalue weighted by molar-refractivity contribution is -0.261. The maximum atomic E-state index is 12.2. The topological polar surface area (TPSA) is 26.0 Å². The van der Waals surface area contributed by atoms with Crippen molar-refractivity contribution in [3.05, 3.63) is 0 Å². The van der Waals surface area contributed by atoms with Crippen molar-refractivity contribution in [2.24, 2.45) is 16.6 Å². The quantitative estimate of drug-likeness (QED) is 0.694. The van der Waals surface area contributed by atoms with Gasteiger partial charge >= 0.3 is 0 Å². The lowest BCUT2D eigenvalue weighted by atomic mass is 9.35. The molecule has 0 amide bonds. The summed E-state index contributed by atoms with van der Waals surface area (Å²) in [5.74, 6) is 0. The first-order valence-electron chi connectivity index (χ1n) is 3.61. The Labute approximate surface area is 70.7 Å². The lowest BCUT2D eigenvalue weighted by Gasteiger charge is -2.70. The Hall–Kier alpha value is 0.110. The van der Waals surface area contributed by atoms with Gasteiger partial charge in [0.2, 0.25) is 6.43 Å². The maximum absolute atomic E-state index is 12.2. The maximum Gasteiger partial charge on any atom is 0.244 e. The Kier molecular flexibility index (Phi) is 1.92. The second-order valence-corrected chi connectivity index (χ2v) is 3.90. The van der Waals surface area contributed by atoms with E-state index in [0.29, 0.717) is 25.8 Å². The molecule has 4 heteroatoms. The minimum atomic E-state index is -2.11. The SMILES string of the molecule is Cl.NCC12CC(C(F)F)(C1)C2. The number of hydrogen-bond acceptors (Lipinski definition) is 1. The van der Waals surface area contributed by atoms with Crippen LogP contribution in [0.2, 0.25) is 0 Å². The summed E-state index contributed by atoms with van der Waals surface area (Å²) in [6.45, 7) is 0.599. The first kappa shape index (κ1) is 9.20. The van der Waals surface area contributed by atoms with Gasteiger partial charge in [0.05, 0.1) is 0 Å². The van der Waals surface area contributed by atoms with Crippen LogP contribution in [0.1, 0.15) is 19.3 Å². The zero-order chi connectivity index (χ0) is 7.41. The predicted octanol–water partition coefficient (Wildman–Crippen LogP) is 1.80. The van der Waals surface area contributed by atoms with Crippen LogP contribution < -0.4 is 5.73 Å². The van der Waals surface area contributed by atoms with E-state index in [0.717, 1.165) is 0 Å². The van der Waals surface area contributed by atoms with Crippen LogP contribution in [0.4, 0.5) is 8.78 Å². The summed E-state index contributed by atoms with van der Waals surface area (Å²) in [7, 11) is 0. The summed E-state index contributed by atoms with van der Waals surface area (Å²) in [5.41, 5.74) is 4.99. The first-order chi connectivity index (χ1) is 4.63. The largest absolute Gasteiger partial charge is 0.330 e. The Bertz CT molecular complexity index is 152. The Morgan fingerprint density at radius 1 is 1.27 bits per heavy atom. The molecule has 0 aromatic carbocycles. The summed E-state index contributed by atoms with van der Waals surface area (Å²) in [5, 5.41) is 0. The van der Waals surface area contributed by atoms with Crippen molar-refractivity contribution in [3.63, 3.8) is 0 Å². The zero-order valence-electron chi connectivity index (χ0n) is 6.15. The van der Waals surface area contributed by atoms with E-state index in [2.05, 4.69) is 0 Å². The van der Waals surface area contributed by atoms with Crippen LogP contribution >= 0.6 is 12.4 Å². The minimum Gasteiger partial charge on any atom is -0.330 e. The van der Waals surface area contributed by atoms with E-state index >= 15 is 0 Å². The molecule has 2 bridgehead atoms. The highest BCUT2D eigenvalue weighted by Crippen LogP contribution is 2.74. The molecule has 0 spiro atoms. The highest BCUT2D eigenvalue weighted by atomic mass is 35.5. The van der Waals surface area contributed by atoms with Gasteiger partial charge in [-0.1, -0.05) is 0 Å². The summed E-state index contributed by atoms with van der Waals surface area (Å²) in [6.07, 6.45) is -0.0859. The molecule has 0 aromatic rings. The van der Waals surface area contributed by atoms with Crippen LogP contribution in [-0.2, 0) is 0 Å². The molecule has 0 aliphatic heterocycles. The van der Waals surface area contributed by atoms with Gasteiger partial charge in [0.1, 0.15) is 0 Å². The van der Waals surface area contributed by atoms with Gasteiger partial charge in [-0.05, 0) is 31.2 Å². The number of halogens is 3. The van der Waals surface area contributed by atoms with Crippen molar-refractivity contribution in [2.75, 3.05) is 6.54 Å². The standard InChI is InChI=1S/C7H11F2N.ClH/c8-5(9)7-1-6(2-7,3-7)4-10;/h5H,1-4,10H2;1H. The second-order valence-electron chi connectivity index (χ2n) is 3.90. The molecule has 2 N–H and O–H groups in total. The first-order valence-corrected chi connectivity index (χ1v) is 3.61. The van der Waals surface area contributed by atoms with Gasteiger partial charge in [0, 0.05) is 5.41 Å². The molecular formula is C7H12ClF2N. The highest BCUT2D eigenvalue weighted by molar-refractivity contribution is 5.85. The van der Waals surface area contributed by atoms with E-state index in [1.807, 2.05) is 0 Å². The van der Waals surface area contributed by atoms with Gasteiger partial charge in [0.15, 0.2) is 0 Å². The number of alkyl halides is 2. The van der Waals surface area contributed by atoms with E-state index in [1.54, 1.807) is 0 Å². The van der Waals surface area contributed by atoms with Gasteiger partial charge in [-0.25, -0.2) is 8.78 Å². The summed E-state index contributed by atoms with van der Waals surface area (Å²) >= 11 is 0. The molecule has 3 aliphatic carbocycles. The van der Waals surface area contributed by atoms with E-state index in [9.17, 15) is 8.78 Å². The number of nitrogens with two attached hydrogens (primary N) is 1. The molecule has 3 aliphatic rings. The van der Waals surface area contributed by atoms with E-state index in [-0.39, 0.29) is 17.8 Å². The van der Waals surface area contributed by atoms with Crippen molar-refractivity contribution in [1.29, 1.82) is 0 Å². The van der Waals surface area contributed by atoms with Gasteiger partial charge in [-0.3, -0.25) is 0 Å². The normalized spacial score (nSPS) is 45.8. The monoisotopic (exact) mass is 183 g/mol. The molecular weight excluding hydrogens is 172 g/mol. The highest BCUT2D eigenvalue weighted by Gasteiger charge is 2.70. The van der Waals surface area contributed by atoms with Crippen LogP contribution in [0.5, 0.6) is 0 Å². The lowest BCUT2D eigenvalue weighted by Crippen LogP contribution is -2.67. The molecule has 0 heterocycles. The van der Waals surface area contributed by atoms with Crippen LogP contribution in [0.3, 0.4) is 0 Å². The Morgan fingerprint density at radius 3 is 2.00 bits per heavy atom. The molecule has 0 atom stereocenters. The smallest absolute Gasteiger partial charge is 0.244 e. The van der Waals surface area contributed by atoms with Crippen molar-refractivity contribution in [3.8, 4) is 0 Å². The third kappa shape index (κ3) is 0.905. The average molecular weight is 184 g/mol. The van der Waals surface area contributed by atoms with Gasteiger partial charge < -0.3 is 5.73 Å². The number of hydrogen-bond donors (Lipinski definition) is 1. The van der Waals surface area contributed by atoms with Crippen molar-refractivity contribution >= 4 is 12.4 Å². The van der Waals surface area contributed by atoms with Crippen molar-refractivity contribution in [2.45, 2.75) is 25.7 Å². The molecule has 66 valence electrons. The van der Waals surface area contributed by atoms with E-state index < -0.39 is 11.8 Å². The van der Waals surface area contributed by atoms with Crippen LogP contribution in [0.15, 0.2) is 0 Å². The zero-order valence-corrected chi connectivity index (χ0v) is 6.96. The molecule has 3 fully saturated rings. The fraction of sp³-hybridized carbons (Fsp3) is 1.00. The summed E-state index contributed by atoms with van der Waals surface area (Å²) < 4.78 is 24.3. The second kappa shape index (κ2) is 2.30. The van der Waals surface area contributed by atoms with Crippen LogP contribution in [0.25, 0.3) is 0 Å². The third-order valence-electron chi connectivity index (χ3n) is 3.08. The van der Waals surface area contributed by atoms with Crippen LogP contribution in [-0.4, -0.2) is 13.0 Å². The molecule has 3 rings (SSSR count). The van der Waals surface area contributed by atoms with E-state index in [1.165, 1.54) is 0 Å². The molecule has 0 saturated heterocycles. The Morgan fingerprint density at radius 2 is 1.73 bits per heavy atom. The van der Waals surface area contributed by atoms with Gasteiger partial charge in [-0.15, -0.1) is 12.4 Å². The van der Waals surface area contributed by atoms with Crippen LogP contribution in [0, 0.1) is 10.8 Å². The van der Waals surface area contributed by atoms with Crippen molar-refractivity contribution in [1.82, 2.24) is 0 Å². The minimum absolute atomic E-state index is 0. The molecule has 3 saturated carbocycles. The van der Waals surface area contributed by atoms with Gasteiger partial charge in [0.25, 0.3) is 0 Å².